The Bertz CT molecular complexity index is 822. The van der Waals surface area contributed by atoms with Crippen LogP contribution in [0.25, 0.3) is 33.0 Å². The Balaban J connectivity index is 2.36. The lowest BCUT2D eigenvalue weighted by molar-refractivity contribution is 0.948. The van der Waals surface area contributed by atoms with Crippen molar-refractivity contribution in [1.82, 2.24) is 10.2 Å². The zero-order valence-corrected chi connectivity index (χ0v) is 12.2. The first-order valence-corrected chi connectivity index (χ1v) is 6.97. The van der Waals surface area contributed by atoms with Gasteiger partial charge >= 0.3 is 0 Å². The van der Waals surface area contributed by atoms with Crippen molar-refractivity contribution in [3.05, 3.63) is 46.8 Å². The molecule has 0 amide bonds. The third-order valence-electron chi connectivity index (χ3n) is 4.43. The van der Waals surface area contributed by atoms with Crippen LogP contribution in [0.15, 0.2) is 24.3 Å². The molecule has 1 aromatic heterocycles. The highest BCUT2D eigenvalue weighted by Gasteiger charge is 2.28. The lowest BCUT2D eigenvalue weighted by atomic mass is 9.96. The number of rotatable bonds is 0. The van der Waals surface area contributed by atoms with Gasteiger partial charge in [-0.15, -0.1) is 0 Å². The largest absolute Gasteiger partial charge is 0.155 e. The highest BCUT2D eigenvalue weighted by atomic mass is 15.1. The molecule has 1 aliphatic carbocycles. The van der Waals surface area contributed by atoms with Crippen LogP contribution in [0.3, 0.4) is 0 Å². The number of aryl methyl sites for hydroxylation is 4. The lowest BCUT2D eigenvalue weighted by Gasteiger charge is -2.08. The van der Waals surface area contributed by atoms with E-state index in [1.54, 1.807) is 0 Å². The van der Waals surface area contributed by atoms with Gasteiger partial charge in [0.15, 0.2) is 0 Å². The van der Waals surface area contributed by atoms with E-state index in [4.69, 9.17) is 0 Å². The van der Waals surface area contributed by atoms with E-state index in [-0.39, 0.29) is 0 Å². The fourth-order valence-electron chi connectivity index (χ4n) is 3.49. The second kappa shape index (κ2) is 3.66. The molecule has 20 heavy (non-hydrogen) atoms. The summed E-state index contributed by atoms with van der Waals surface area (Å²) >= 11 is 0. The van der Waals surface area contributed by atoms with Crippen LogP contribution in [-0.4, -0.2) is 10.2 Å². The third-order valence-corrected chi connectivity index (χ3v) is 4.43. The fourth-order valence-corrected chi connectivity index (χ4v) is 3.49. The Kier molecular flexibility index (Phi) is 2.12. The summed E-state index contributed by atoms with van der Waals surface area (Å²) in [6, 6.07) is 8.85. The average Bonchev–Trinajstić information content (AvgIpc) is 2.80. The fraction of sp³-hybridized carbons (Fsp3) is 0.222. The summed E-state index contributed by atoms with van der Waals surface area (Å²) in [5.41, 5.74) is 9.96. The van der Waals surface area contributed by atoms with E-state index in [9.17, 15) is 0 Å². The van der Waals surface area contributed by atoms with Gasteiger partial charge in [0.2, 0.25) is 0 Å². The minimum absolute atomic E-state index is 1.02. The molecule has 1 aliphatic rings. The van der Waals surface area contributed by atoms with Gasteiger partial charge in [-0.2, -0.15) is 10.2 Å². The Labute approximate surface area is 118 Å². The standard InChI is InChI=1S/C18H16N2/c1-9-5-7-13-8-6-10(2)15-17-12(4)20-19-11(3)16(17)14(9)18(13)15/h5-8H,1-4H3. The number of aromatic nitrogens is 2. The number of nitrogens with zero attached hydrogens (tertiary/aromatic N) is 2. The number of benzene rings is 2. The number of hydrogen-bond acceptors (Lipinski definition) is 2. The quantitative estimate of drug-likeness (QED) is 0.465. The van der Waals surface area contributed by atoms with Gasteiger partial charge in [-0.3, -0.25) is 0 Å². The predicted octanol–water partition coefficient (Wildman–Crippen LogP) is 4.51. The second-order valence-corrected chi connectivity index (χ2v) is 5.73. The van der Waals surface area contributed by atoms with Gasteiger partial charge in [-0.25, -0.2) is 0 Å². The minimum atomic E-state index is 1.02. The third kappa shape index (κ3) is 1.24. The topological polar surface area (TPSA) is 25.8 Å². The van der Waals surface area contributed by atoms with Gasteiger partial charge in [0, 0.05) is 11.1 Å². The van der Waals surface area contributed by atoms with E-state index in [0.717, 1.165) is 11.4 Å². The molecule has 0 fully saturated rings. The zero-order valence-electron chi connectivity index (χ0n) is 12.2. The molecule has 0 spiro atoms. The molecule has 0 radical (unpaired) electrons. The maximum atomic E-state index is 4.34. The van der Waals surface area contributed by atoms with Crippen LogP contribution in [0, 0.1) is 27.7 Å². The van der Waals surface area contributed by atoms with E-state index in [1.165, 1.54) is 44.2 Å². The second-order valence-electron chi connectivity index (χ2n) is 5.73. The summed E-state index contributed by atoms with van der Waals surface area (Å²) < 4.78 is 0. The van der Waals surface area contributed by atoms with Crippen LogP contribution in [0.2, 0.25) is 0 Å². The van der Waals surface area contributed by atoms with E-state index in [2.05, 4.69) is 62.2 Å². The molecule has 3 aromatic rings. The van der Waals surface area contributed by atoms with Crippen molar-refractivity contribution in [3.8, 4) is 22.3 Å². The van der Waals surface area contributed by atoms with Crippen molar-refractivity contribution in [3.63, 3.8) is 0 Å². The molecule has 2 nitrogen and oxygen atoms in total. The Morgan fingerprint density at radius 2 is 1.05 bits per heavy atom. The maximum absolute atomic E-state index is 4.34. The lowest BCUT2D eigenvalue weighted by Crippen LogP contribution is -1.96. The van der Waals surface area contributed by atoms with Crippen LogP contribution in [0.5, 0.6) is 0 Å². The molecule has 0 unspecified atom stereocenters. The highest BCUT2D eigenvalue weighted by Crippen LogP contribution is 2.51. The van der Waals surface area contributed by atoms with Crippen LogP contribution >= 0.6 is 0 Å². The predicted molar refractivity (Wildman–Crippen MR) is 82.9 cm³/mol. The number of hydrogen-bond donors (Lipinski definition) is 0. The molecule has 0 aliphatic heterocycles. The smallest absolute Gasteiger partial charge is 0.0685 e. The van der Waals surface area contributed by atoms with Crippen LogP contribution < -0.4 is 0 Å². The van der Waals surface area contributed by atoms with Crippen LogP contribution in [0.4, 0.5) is 0 Å². The molecule has 0 bridgehead atoms. The van der Waals surface area contributed by atoms with Gasteiger partial charge in [-0.1, -0.05) is 24.3 Å². The van der Waals surface area contributed by atoms with E-state index in [1.807, 2.05) is 0 Å². The molecule has 2 aromatic carbocycles. The van der Waals surface area contributed by atoms with E-state index < -0.39 is 0 Å². The molecule has 4 rings (SSSR count). The minimum Gasteiger partial charge on any atom is -0.155 e. The van der Waals surface area contributed by atoms with Crippen LogP contribution in [-0.2, 0) is 0 Å². The molecule has 2 heteroatoms. The molecule has 0 saturated heterocycles. The average molecular weight is 260 g/mol. The summed E-state index contributed by atoms with van der Waals surface area (Å²) in [7, 11) is 0. The molecule has 1 heterocycles. The molecule has 98 valence electrons. The van der Waals surface area contributed by atoms with Gasteiger partial charge in [0.1, 0.15) is 0 Å². The molecular weight excluding hydrogens is 244 g/mol. The van der Waals surface area contributed by atoms with Gasteiger partial charge in [-0.05, 0) is 60.7 Å². The van der Waals surface area contributed by atoms with E-state index >= 15 is 0 Å². The molecule has 0 atom stereocenters. The molecule has 0 saturated carbocycles. The van der Waals surface area contributed by atoms with Crippen molar-refractivity contribution in [2.45, 2.75) is 27.7 Å². The Morgan fingerprint density at radius 3 is 1.50 bits per heavy atom. The van der Waals surface area contributed by atoms with Crippen molar-refractivity contribution in [1.29, 1.82) is 0 Å². The maximum Gasteiger partial charge on any atom is 0.0685 e. The molecular formula is C18H16N2. The van der Waals surface area contributed by atoms with Crippen molar-refractivity contribution in [2.24, 2.45) is 0 Å². The zero-order chi connectivity index (χ0) is 14.0. The van der Waals surface area contributed by atoms with Gasteiger partial charge in [0.05, 0.1) is 11.4 Å². The van der Waals surface area contributed by atoms with Crippen molar-refractivity contribution >= 4 is 10.8 Å². The first-order valence-electron chi connectivity index (χ1n) is 6.97. The van der Waals surface area contributed by atoms with Crippen molar-refractivity contribution in [2.75, 3.05) is 0 Å². The summed E-state index contributed by atoms with van der Waals surface area (Å²) in [5, 5.41) is 11.4. The summed E-state index contributed by atoms with van der Waals surface area (Å²) in [5.74, 6) is 0. The molecule has 0 N–H and O–H groups in total. The van der Waals surface area contributed by atoms with Gasteiger partial charge in [0.25, 0.3) is 0 Å². The highest BCUT2D eigenvalue weighted by molar-refractivity contribution is 6.17. The number of fused-ring (bicyclic) bond motifs is 3. The van der Waals surface area contributed by atoms with Crippen LogP contribution in [0.1, 0.15) is 22.5 Å². The van der Waals surface area contributed by atoms with E-state index in [0.29, 0.717) is 0 Å². The van der Waals surface area contributed by atoms with Gasteiger partial charge < -0.3 is 0 Å². The Hall–Kier alpha value is -2.22. The summed E-state index contributed by atoms with van der Waals surface area (Å²) in [6.45, 7) is 8.49. The summed E-state index contributed by atoms with van der Waals surface area (Å²) in [6.07, 6.45) is 0. The van der Waals surface area contributed by atoms with Crippen molar-refractivity contribution < 1.29 is 0 Å². The summed E-state index contributed by atoms with van der Waals surface area (Å²) in [4.78, 5) is 0. The first kappa shape index (κ1) is 11.6. The normalized spacial score (nSPS) is 12.0. The SMILES string of the molecule is Cc1ccc2ccc(C)c3c2c1-c1c(C)nnc(C)c1-3. The monoisotopic (exact) mass is 260 g/mol. The first-order chi connectivity index (χ1) is 9.59. The Morgan fingerprint density at radius 1 is 0.600 bits per heavy atom.